The molecule has 0 radical (unpaired) electrons. The highest BCUT2D eigenvalue weighted by molar-refractivity contribution is 5.91. The van der Waals surface area contributed by atoms with Crippen molar-refractivity contribution in [3.8, 4) is 11.8 Å². The number of hydrogen-bond acceptors (Lipinski definition) is 3. The van der Waals surface area contributed by atoms with Crippen LogP contribution in [0.1, 0.15) is 23.1 Å². The normalized spacial score (nSPS) is 23.8. The third-order valence-corrected chi connectivity index (χ3v) is 4.27. The molecule has 26 heavy (non-hydrogen) atoms. The molecule has 140 valence electrons. The minimum Gasteiger partial charge on any atom is -0.383 e. The number of piperidine rings is 1. The van der Waals surface area contributed by atoms with E-state index in [0.717, 1.165) is 31.8 Å². The van der Waals surface area contributed by atoms with Crippen molar-refractivity contribution >= 4 is 5.71 Å². The topological polar surface area (TPSA) is 24.8 Å². The summed E-state index contributed by atoms with van der Waals surface area (Å²) in [6, 6.07) is 1.23. The Hall–Kier alpha value is -2.21. The van der Waals surface area contributed by atoms with Gasteiger partial charge in [0.2, 0.25) is 0 Å². The van der Waals surface area contributed by atoms with Crippen LogP contribution in [-0.4, -0.2) is 36.9 Å². The van der Waals surface area contributed by atoms with Crippen LogP contribution in [0.15, 0.2) is 23.4 Å². The third-order valence-electron chi connectivity index (χ3n) is 4.27. The molecule has 0 N–H and O–H groups in total. The molecule has 9 heteroatoms. The molecule has 3 rings (SSSR count). The van der Waals surface area contributed by atoms with Crippen LogP contribution < -0.4 is 0 Å². The second-order valence-electron chi connectivity index (χ2n) is 6.17. The predicted octanol–water partition coefficient (Wildman–Crippen LogP) is 3.78. The van der Waals surface area contributed by atoms with E-state index in [-0.39, 0.29) is 18.2 Å². The average Bonchev–Trinajstić information content (AvgIpc) is 3.15. The van der Waals surface area contributed by atoms with Gasteiger partial charge in [0.1, 0.15) is 0 Å². The summed E-state index contributed by atoms with van der Waals surface area (Å²) in [5.41, 5.74) is -2.27. The zero-order valence-electron chi connectivity index (χ0n) is 13.4. The maximum atomic E-state index is 12.8. The van der Waals surface area contributed by atoms with Crippen molar-refractivity contribution in [3.05, 3.63) is 34.9 Å². The molecule has 1 aromatic carbocycles. The van der Waals surface area contributed by atoms with Gasteiger partial charge in [-0.1, -0.05) is 17.0 Å². The Bertz CT molecular complexity index is 740. The Morgan fingerprint density at radius 2 is 1.73 bits per heavy atom. The monoisotopic (exact) mass is 376 g/mol. The highest BCUT2D eigenvalue weighted by Gasteiger charge is 2.37. The van der Waals surface area contributed by atoms with E-state index >= 15 is 0 Å². The summed E-state index contributed by atoms with van der Waals surface area (Å²) in [4.78, 5) is 7.25. The van der Waals surface area contributed by atoms with Crippen molar-refractivity contribution in [2.75, 3.05) is 26.2 Å². The summed E-state index contributed by atoms with van der Waals surface area (Å²) in [7, 11) is 0. The number of rotatable bonds is 2. The second kappa shape index (κ2) is 6.83. The number of nitrogens with zero attached hydrogens (tertiary/aromatic N) is 2. The molecule has 2 atom stereocenters. The van der Waals surface area contributed by atoms with Crippen LogP contribution in [0.5, 0.6) is 0 Å². The number of oxime groups is 1. The zero-order chi connectivity index (χ0) is 18.9. The molecule has 2 unspecified atom stereocenters. The van der Waals surface area contributed by atoms with Crippen LogP contribution in [0, 0.1) is 17.8 Å². The molecule has 0 aliphatic carbocycles. The lowest BCUT2D eigenvalue weighted by molar-refractivity contribution is -0.143. The van der Waals surface area contributed by atoms with Crippen molar-refractivity contribution in [3.63, 3.8) is 0 Å². The lowest BCUT2D eigenvalue weighted by Crippen LogP contribution is -2.23. The Morgan fingerprint density at radius 1 is 1.08 bits per heavy atom. The standard InChI is InChI=1S/C17H14F6N2O/c18-16(19,20)13-6-11(7-14(8-13)17(21,22)23)2-1-5-26-24-15-10-25-4-3-12(15)9-25/h6-8,12H,3-5,9-10H2/b24-15+. The number of fused-ring (bicyclic) bond motifs is 2. The van der Waals surface area contributed by atoms with Gasteiger partial charge in [0.05, 0.1) is 16.8 Å². The number of hydrogen-bond donors (Lipinski definition) is 0. The molecule has 2 saturated heterocycles. The highest BCUT2D eigenvalue weighted by Crippen LogP contribution is 2.36. The fourth-order valence-corrected chi connectivity index (χ4v) is 3.02. The van der Waals surface area contributed by atoms with Gasteiger partial charge < -0.3 is 4.84 Å². The summed E-state index contributed by atoms with van der Waals surface area (Å²) in [6.07, 6.45) is -8.77. The highest BCUT2D eigenvalue weighted by atomic mass is 19.4. The number of alkyl halides is 6. The molecule has 2 bridgehead atoms. The second-order valence-corrected chi connectivity index (χ2v) is 6.17. The Labute approximate surface area is 145 Å². The summed E-state index contributed by atoms with van der Waals surface area (Å²) in [5.74, 6) is 5.04. The molecule has 0 amide bonds. The van der Waals surface area contributed by atoms with E-state index in [4.69, 9.17) is 4.84 Å². The van der Waals surface area contributed by atoms with E-state index in [1.807, 2.05) is 0 Å². The maximum absolute atomic E-state index is 12.8. The molecule has 2 aliphatic heterocycles. The van der Waals surface area contributed by atoms with Gasteiger partial charge in [-0.3, -0.25) is 4.90 Å². The smallest absolute Gasteiger partial charge is 0.383 e. The minimum atomic E-state index is -4.89. The molecule has 2 heterocycles. The van der Waals surface area contributed by atoms with E-state index in [9.17, 15) is 26.3 Å². The Kier molecular flexibility index (Phi) is 4.88. The van der Waals surface area contributed by atoms with Crippen LogP contribution >= 0.6 is 0 Å². The fourth-order valence-electron chi connectivity index (χ4n) is 3.02. The van der Waals surface area contributed by atoms with Gasteiger partial charge >= 0.3 is 12.4 Å². The first kappa shape index (κ1) is 18.6. The SMILES string of the molecule is FC(F)(F)c1cc(C#CCO/N=C2\CN3CCC2C3)cc(C(F)(F)F)c1. The predicted molar refractivity (Wildman–Crippen MR) is 81.3 cm³/mol. The molecule has 0 saturated carbocycles. The summed E-state index contributed by atoms with van der Waals surface area (Å²) < 4.78 is 76.6. The largest absolute Gasteiger partial charge is 0.416 e. The lowest BCUT2D eigenvalue weighted by Gasteiger charge is -2.12. The van der Waals surface area contributed by atoms with E-state index < -0.39 is 23.5 Å². The van der Waals surface area contributed by atoms with Gasteiger partial charge in [-0.15, -0.1) is 0 Å². The quantitative estimate of drug-likeness (QED) is 0.340. The van der Waals surface area contributed by atoms with Crippen LogP contribution in [0.3, 0.4) is 0 Å². The van der Waals surface area contributed by atoms with Gasteiger partial charge in [0, 0.05) is 24.6 Å². The summed E-state index contributed by atoms with van der Waals surface area (Å²) in [6.45, 7) is 2.48. The van der Waals surface area contributed by atoms with Crippen molar-refractivity contribution in [2.24, 2.45) is 11.1 Å². The van der Waals surface area contributed by atoms with E-state index in [0.29, 0.717) is 18.1 Å². The summed E-state index contributed by atoms with van der Waals surface area (Å²) in [5, 5.41) is 3.96. The van der Waals surface area contributed by atoms with Crippen LogP contribution in [0.25, 0.3) is 0 Å². The first-order chi connectivity index (χ1) is 12.1. The van der Waals surface area contributed by atoms with E-state index in [1.165, 1.54) is 0 Å². The van der Waals surface area contributed by atoms with Crippen molar-refractivity contribution in [1.82, 2.24) is 4.90 Å². The molecule has 2 fully saturated rings. The van der Waals surface area contributed by atoms with Crippen LogP contribution in [-0.2, 0) is 17.2 Å². The Morgan fingerprint density at radius 3 is 2.23 bits per heavy atom. The maximum Gasteiger partial charge on any atom is 0.416 e. The van der Waals surface area contributed by atoms with E-state index in [1.54, 1.807) is 0 Å². The third kappa shape index (κ3) is 4.30. The minimum absolute atomic E-state index is 0.0676. The van der Waals surface area contributed by atoms with Gasteiger partial charge in [-0.2, -0.15) is 26.3 Å². The fraction of sp³-hybridized carbons (Fsp3) is 0.471. The first-order valence-corrected chi connectivity index (χ1v) is 7.82. The molecule has 1 aromatic rings. The van der Waals surface area contributed by atoms with Crippen LogP contribution in [0.4, 0.5) is 26.3 Å². The number of halogens is 6. The molecular weight excluding hydrogens is 362 g/mol. The van der Waals surface area contributed by atoms with Crippen molar-refractivity contribution in [1.29, 1.82) is 0 Å². The van der Waals surface area contributed by atoms with Gasteiger partial charge in [0.25, 0.3) is 0 Å². The molecule has 0 aromatic heterocycles. The average molecular weight is 376 g/mol. The summed E-state index contributed by atoms with van der Waals surface area (Å²) >= 11 is 0. The number of benzene rings is 1. The molecule has 0 spiro atoms. The van der Waals surface area contributed by atoms with Gasteiger partial charge in [-0.05, 0) is 31.2 Å². The lowest BCUT2D eigenvalue weighted by atomic mass is 10.0. The molecule has 3 nitrogen and oxygen atoms in total. The zero-order valence-corrected chi connectivity index (χ0v) is 13.4. The molecular formula is C17H14F6N2O. The molecule has 2 aliphatic rings. The van der Waals surface area contributed by atoms with Gasteiger partial charge in [0.15, 0.2) is 6.61 Å². The van der Waals surface area contributed by atoms with E-state index in [2.05, 4.69) is 21.9 Å². The first-order valence-electron chi connectivity index (χ1n) is 7.82. The van der Waals surface area contributed by atoms with Crippen molar-refractivity contribution < 1.29 is 31.2 Å². The van der Waals surface area contributed by atoms with Crippen LogP contribution in [0.2, 0.25) is 0 Å². The Balaban J connectivity index is 1.69. The van der Waals surface area contributed by atoms with Crippen molar-refractivity contribution in [2.45, 2.75) is 18.8 Å². The van der Waals surface area contributed by atoms with Gasteiger partial charge in [-0.25, -0.2) is 0 Å².